The number of halogens is 1. The van der Waals surface area contributed by atoms with Gasteiger partial charge in [0, 0.05) is 6.20 Å². The molecule has 3 rings (SSSR count). The van der Waals surface area contributed by atoms with Crippen LogP contribution in [0.25, 0.3) is 23.0 Å². The van der Waals surface area contributed by atoms with Gasteiger partial charge in [-0.15, -0.1) is 0 Å². The van der Waals surface area contributed by atoms with Crippen molar-refractivity contribution in [1.29, 1.82) is 0 Å². The third-order valence-corrected chi connectivity index (χ3v) is 3.06. The standard InChI is InChI=1S/C15H12FN3O2/c1-8-6-9(2)13(17-7-8)14-18-15(21-19-14)12-10(16)4-3-5-11(12)20/h3-7,20H,1-2H3. The van der Waals surface area contributed by atoms with Crippen molar-refractivity contribution in [3.05, 3.63) is 47.4 Å². The average Bonchev–Trinajstić information content (AvgIpc) is 2.87. The molecule has 3 aromatic rings. The fraction of sp³-hybridized carbons (Fsp3) is 0.133. The first kappa shape index (κ1) is 13.2. The minimum absolute atomic E-state index is 0.0811. The summed E-state index contributed by atoms with van der Waals surface area (Å²) in [5, 5.41) is 13.5. The maximum atomic E-state index is 13.8. The van der Waals surface area contributed by atoms with E-state index in [1.807, 2.05) is 19.9 Å². The molecule has 0 aliphatic carbocycles. The van der Waals surface area contributed by atoms with E-state index in [2.05, 4.69) is 15.1 Å². The molecule has 0 fully saturated rings. The minimum Gasteiger partial charge on any atom is -0.507 e. The molecule has 2 aromatic heterocycles. The summed E-state index contributed by atoms with van der Waals surface area (Å²) < 4.78 is 18.8. The van der Waals surface area contributed by atoms with Crippen LogP contribution in [0.4, 0.5) is 4.39 Å². The minimum atomic E-state index is -0.626. The first-order chi connectivity index (χ1) is 10.1. The number of hydrogen-bond donors (Lipinski definition) is 1. The Labute approximate surface area is 120 Å². The predicted molar refractivity (Wildman–Crippen MR) is 74.1 cm³/mol. The van der Waals surface area contributed by atoms with Crippen LogP contribution in [0.2, 0.25) is 0 Å². The van der Waals surface area contributed by atoms with Crippen molar-refractivity contribution in [2.45, 2.75) is 13.8 Å². The number of pyridine rings is 1. The lowest BCUT2D eigenvalue weighted by molar-refractivity contribution is 0.421. The van der Waals surface area contributed by atoms with Crippen LogP contribution in [-0.4, -0.2) is 20.2 Å². The van der Waals surface area contributed by atoms with Gasteiger partial charge in [0.05, 0.1) is 0 Å². The Morgan fingerprint density at radius 3 is 2.76 bits per heavy atom. The zero-order valence-electron chi connectivity index (χ0n) is 11.5. The number of phenolic OH excluding ortho intramolecular Hbond substituents is 1. The van der Waals surface area contributed by atoms with Gasteiger partial charge in [-0.2, -0.15) is 4.98 Å². The van der Waals surface area contributed by atoms with E-state index in [9.17, 15) is 9.50 Å². The Morgan fingerprint density at radius 1 is 1.24 bits per heavy atom. The fourth-order valence-electron chi connectivity index (χ4n) is 2.10. The van der Waals surface area contributed by atoms with Crippen LogP contribution in [-0.2, 0) is 0 Å². The molecule has 0 saturated heterocycles. The number of nitrogens with zero attached hydrogens (tertiary/aromatic N) is 3. The van der Waals surface area contributed by atoms with Gasteiger partial charge in [-0.3, -0.25) is 4.98 Å². The second kappa shape index (κ2) is 4.97. The Balaban J connectivity index is 2.08. The molecule has 1 N–H and O–H groups in total. The van der Waals surface area contributed by atoms with Gasteiger partial charge >= 0.3 is 0 Å². The third-order valence-electron chi connectivity index (χ3n) is 3.06. The maximum Gasteiger partial charge on any atom is 0.265 e. The summed E-state index contributed by atoms with van der Waals surface area (Å²) in [5.74, 6) is -0.704. The number of phenols is 1. The van der Waals surface area contributed by atoms with Crippen molar-refractivity contribution in [3.63, 3.8) is 0 Å². The summed E-state index contributed by atoms with van der Waals surface area (Å²) in [6.45, 7) is 3.81. The first-order valence-corrected chi connectivity index (χ1v) is 6.31. The molecule has 0 spiro atoms. The molecule has 0 saturated carbocycles. The molecule has 0 bridgehead atoms. The zero-order valence-corrected chi connectivity index (χ0v) is 11.5. The molecule has 21 heavy (non-hydrogen) atoms. The predicted octanol–water partition coefficient (Wildman–Crippen LogP) is 3.26. The highest BCUT2D eigenvalue weighted by molar-refractivity contribution is 5.65. The van der Waals surface area contributed by atoms with Gasteiger partial charge in [0.15, 0.2) is 0 Å². The van der Waals surface area contributed by atoms with Gasteiger partial charge in [0.2, 0.25) is 5.82 Å². The first-order valence-electron chi connectivity index (χ1n) is 6.31. The molecule has 0 aliphatic heterocycles. The second-order valence-electron chi connectivity index (χ2n) is 4.74. The average molecular weight is 285 g/mol. The normalized spacial score (nSPS) is 10.8. The lowest BCUT2D eigenvalue weighted by Gasteiger charge is -2.01. The summed E-state index contributed by atoms with van der Waals surface area (Å²) in [7, 11) is 0. The molecule has 0 unspecified atom stereocenters. The van der Waals surface area contributed by atoms with Crippen molar-refractivity contribution in [2.75, 3.05) is 0 Å². The molecule has 0 atom stereocenters. The highest BCUT2D eigenvalue weighted by atomic mass is 19.1. The highest BCUT2D eigenvalue weighted by Gasteiger charge is 2.19. The van der Waals surface area contributed by atoms with Gasteiger partial charge in [-0.25, -0.2) is 4.39 Å². The van der Waals surface area contributed by atoms with Crippen LogP contribution >= 0.6 is 0 Å². The smallest absolute Gasteiger partial charge is 0.265 e. The van der Waals surface area contributed by atoms with Gasteiger partial charge in [0.1, 0.15) is 22.8 Å². The van der Waals surface area contributed by atoms with E-state index in [1.165, 1.54) is 18.2 Å². The summed E-state index contributed by atoms with van der Waals surface area (Å²) in [5.41, 5.74) is 2.36. The highest BCUT2D eigenvalue weighted by Crippen LogP contribution is 2.31. The molecular formula is C15H12FN3O2. The van der Waals surface area contributed by atoms with Crippen molar-refractivity contribution in [2.24, 2.45) is 0 Å². The van der Waals surface area contributed by atoms with E-state index in [-0.39, 0.29) is 23.0 Å². The quantitative estimate of drug-likeness (QED) is 0.782. The monoisotopic (exact) mass is 285 g/mol. The Kier molecular flexibility index (Phi) is 3.13. The summed E-state index contributed by atoms with van der Waals surface area (Å²) in [4.78, 5) is 8.38. The van der Waals surface area contributed by atoms with Crippen LogP contribution in [0.3, 0.4) is 0 Å². The molecule has 1 aromatic carbocycles. The number of hydrogen-bond acceptors (Lipinski definition) is 5. The van der Waals surface area contributed by atoms with E-state index < -0.39 is 5.82 Å². The van der Waals surface area contributed by atoms with Crippen LogP contribution in [0.1, 0.15) is 11.1 Å². The summed E-state index contributed by atoms with van der Waals surface area (Å²) in [6.07, 6.45) is 1.69. The van der Waals surface area contributed by atoms with E-state index in [4.69, 9.17) is 4.52 Å². The van der Waals surface area contributed by atoms with Crippen molar-refractivity contribution < 1.29 is 14.0 Å². The van der Waals surface area contributed by atoms with Crippen molar-refractivity contribution >= 4 is 0 Å². The Bertz CT molecular complexity index is 794. The van der Waals surface area contributed by atoms with Crippen LogP contribution in [0.15, 0.2) is 35.0 Å². The van der Waals surface area contributed by atoms with Crippen LogP contribution < -0.4 is 0 Å². The topological polar surface area (TPSA) is 72.0 Å². The van der Waals surface area contributed by atoms with Gasteiger partial charge in [-0.1, -0.05) is 17.3 Å². The molecule has 2 heterocycles. The number of benzene rings is 1. The molecule has 5 nitrogen and oxygen atoms in total. The molecule has 6 heteroatoms. The molecule has 0 aliphatic rings. The van der Waals surface area contributed by atoms with E-state index in [0.717, 1.165) is 11.1 Å². The third kappa shape index (κ3) is 2.35. The van der Waals surface area contributed by atoms with Crippen LogP contribution in [0, 0.1) is 19.7 Å². The summed E-state index contributed by atoms with van der Waals surface area (Å²) in [6, 6.07) is 5.92. The second-order valence-corrected chi connectivity index (χ2v) is 4.74. The molecular weight excluding hydrogens is 273 g/mol. The molecule has 0 amide bonds. The molecule has 106 valence electrons. The van der Waals surface area contributed by atoms with E-state index in [1.54, 1.807) is 6.20 Å². The van der Waals surface area contributed by atoms with Gasteiger partial charge in [-0.05, 0) is 37.1 Å². The van der Waals surface area contributed by atoms with Gasteiger partial charge < -0.3 is 9.63 Å². The zero-order chi connectivity index (χ0) is 15.0. The fourth-order valence-corrected chi connectivity index (χ4v) is 2.10. The lowest BCUT2D eigenvalue weighted by Crippen LogP contribution is -1.91. The Hall–Kier alpha value is -2.76. The van der Waals surface area contributed by atoms with Crippen molar-refractivity contribution in [1.82, 2.24) is 15.1 Å². The molecule has 0 radical (unpaired) electrons. The maximum absolute atomic E-state index is 13.8. The van der Waals surface area contributed by atoms with Crippen LogP contribution in [0.5, 0.6) is 5.75 Å². The number of aryl methyl sites for hydroxylation is 2. The SMILES string of the molecule is Cc1cnc(-c2noc(-c3c(O)cccc3F)n2)c(C)c1. The number of rotatable bonds is 2. The van der Waals surface area contributed by atoms with Gasteiger partial charge in [0.25, 0.3) is 5.89 Å². The van der Waals surface area contributed by atoms with Crippen molar-refractivity contribution in [3.8, 4) is 28.7 Å². The summed E-state index contributed by atoms with van der Waals surface area (Å²) >= 11 is 0. The van der Waals surface area contributed by atoms with E-state index >= 15 is 0 Å². The number of aromatic nitrogens is 3. The number of aromatic hydroxyl groups is 1. The van der Waals surface area contributed by atoms with E-state index in [0.29, 0.717) is 5.69 Å². The Morgan fingerprint density at radius 2 is 2.05 bits per heavy atom. The lowest BCUT2D eigenvalue weighted by atomic mass is 10.1. The largest absolute Gasteiger partial charge is 0.507 e.